The molecule has 0 atom stereocenters. The molecule has 0 aliphatic rings. The quantitative estimate of drug-likeness (QED) is 0.634. The Morgan fingerprint density at radius 2 is 2.16 bits per heavy atom. The van der Waals surface area contributed by atoms with E-state index in [0.717, 1.165) is 11.1 Å². The Morgan fingerprint density at radius 1 is 1.32 bits per heavy atom. The molecule has 3 heteroatoms. The highest BCUT2D eigenvalue weighted by molar-refractivity contribution is 7.08. The van der Waals surface area contributed by atoms with E-state index in [2.05, 4.69) is 29.0 Å². The predicted molar refractivity (Wildman–Crippen MR) is 80.7 cm³/mol. The van der Waals surface area contributed by atoms with Crippen molar-refractivity contribution in [2.45, 2.75) is 0 Å². The van der Waals surface area contributed by atoms with Gasteiger partial charge in [0.2, 0.25) is 0 Å². The Balaban J connectivity index is 2.18. The van der Waals surface area contributed by atoms with Gasteiger partial charge in [0, 0.05) is 35.3 Å². The number of thiophene rings is 1. The third kappa shape index (κ3) is 2.07. The summed E-state index contributed by atoms with van der Waals surface area (Å²) in [7, 11) is 2.02. The van der Waals surface area contributed by atoms with Gasteiger partial charge in [-0.2, -0.15) is 16.6 Å². The maximum atomic E-state index is 9.32. The van der Waals surface area contributed by atoms with Gasteiger partial charge >= 0.3 is 0 Å². The summed E-state index contributed by atoms with van der Waals surface area (Å²) in [5, 5.41) is 14.5. The number of nitriles is 1. The van der Waals surface area contributed by atoms with E-state index in [4.69, 9.17) is 0 Å². The third-order valence-corrected chi connectivity index (χ3v) is 3.86. The molecule has 1 aromatic carbocycles. The average molecular weight is 264 g/mol. The van der Waals surface area contributed by atoms with E-state index in [1.165, 1.54) is 10.9 Å². The number of hydrogen-bond acceptors (Lipinski definition) is 2. The van der Waals surface area contributed by atoms with Crippen LogP contribution in [-0.2, 0) is 7.05 Å². The van der Waals surface area contributed by atoms with Gasteiger partial charge < -0.3 is 4.57 Å². The molecule has 0 radical (unpaired) electrons. The maximum absolute atomic E-state index is 9.32. The Bertz CT molecular complexity index is 786. The van der Waals surface area contributed by atoms with Crippen molar-refractivity contribution in [1.82, 2.24) is 4.57 Å². The van der Waals surface area contributed by atoms with Crippen LogP contribution >= 0.6 is 11.3 Å². The first-order valence-corrected chi connectivity index (χ1v) is 6.92. The highest BCUT2D eigenvalue weighted by atomic mass is 32.1. The van der Waals surface area contributed by atoms with Crippen LogP contribution in [0.25, 0.3) is 22.6 Å². The zero-order valence-electron chi connectivity index (χ0n) is 10.5. The molecule has 2 nitrogen and oxygen atoms in total. The molecule has 0 amide bonds. The first kappa shape index (κ1) is 11.8. The van der Waals surface area contributed by atoms with Crippen molar-refractivity contribution in [1.29, 1.82) is 5.26 Å². The lowest BCUT2D eigenvalue weighted by Crippen LogP contribution is -1.81. The third-order valence-electron chi connectivity index (χ3n) is 3.18. The normalized spacial score (nSPS) is 11.7. The Labute approximate surface area is 115 Å². The van der Waals surface area contributed by atoms with Gasteiger partial charge in [0.1, 0.15) is 0 Å². The minimum absolute atomic E-state index is 0.706. The number of aromatic nitrogens is 1. The lowest BCUT2D eigenvalue weighted by atomic mass is 10.1. The molecule has 19 heavy (non-hydrogen) atoms. The summed E-state index contributed by atoms with van der Waals surface area (Å²) in [6, 6.07) is 12.5. The minimum atomic E-state index is 0.706. The molecule has 0 bridgehead atoms. The summed E-state index contributed by atoms with van der Waals surface area (Å²) in [4.78, 5) is 0. The molecule has 0 fully saturated rings. The fraction of sp³-hybridized carbons (Fsp3) is 0.0625. The largest absolute Gasteiger partial charge is 0.350 e. The van der Waals surface area contributed by atoms with Crippen LogP contribution in [-0.4, -0.2) is 4.57 Å². The second-order valence-electron chi connectivity index (χ2n) is 4.39. The van der Waals surface area contributed by atoms with Gasteiger partial charge in [-0.25, -0.2) is 0 Å². The van der Waals surface area contributed by atoms with Crippen LogP contribution in [0.4, 0.5) is 0 Å². The van der Waals surface area contributed by atoms with Gasteiger partial charge in [0.25, 0.3) is 0 Å². The Morgan fingerprint density at radius 3 is 2.89 bits per heavy atom. The molecule has 0 aliphatic heterocycles. The number of fused-ring (bicyclic) bond motifs is 1. The number of hydrogen-bond donors (Lipinski definition) is 0. The first-order valence-electron chi connectivity index (χ1n) is 5.98. The molecular formula is C16H12N2S. The van der Waals surface area contributed by atoms with Crippen molar-refractivity contribution < 1.29 is 0 Å². The summed E-state index contributed by atoms with van der Waals surface area (Å²) in [6.45, 7) is 0. The number of rotatable bonds is 2. The SMILES string of the molecule is Cn1cc(/C=C(\C#N)c2ccsc2)c2ccccc21. The number of benzene rings is 1. The van der Waals surface area contributed by atoms with E-state index in [1.54, 1.807) is 11.3 Å². The first-order chi connectivity index (χ1) is 9.29. The smallest absolute Gasteiger partial charge is 0.0998 e. The summed E-state index contributed by atoms with van der Waals surface area (Å²) >= 11 is 1.61. The molecule has 0 saturated carbocycles. The van der Waals surface area contributed by atoms with E-state index in [0.29, 0.717) is 5.57 Å². The number of nitrogens with zero attached hydrogens (tertiary/aromatic N) is 2. The van der Waals surface area contributed by atoms with Crippen molar-refractivity contribution in [3.63, 3.8) is 0 Å². The standard InChI is InChI=1S/C16H12N2S/c1-18-10-14(15-4-2-3-5-16(15)18)8-13(9-17)12-6-7-19-11-12/h2-8,10-11H,1H3/b13-8+. The predicted octanol–water partition coefficient (Wildman–Crippen LogP) is 4.30. The molecule has 92 valence electrons. The average Bonchev–Trinajstić information content (AvgIpc) is 3.06. The van der Waals surface area contributed by atoms with E-state index in [-0.39, 0.29) is 0 Å². The van der Waals surface area contributed by atoms with Crippen LogP contribution in [0.3, 0.4) is 0 Å². The van der Waals surface area contributed by atoms with Crippen LogP contribution in [0.15, 0.2) is 47.3 Å². The van der Waals surface area contributed by atoms with Crippen LogP contribution < -0.4 is 0 Å². The Kier molecular flexibility index (Phi) is 2.94. The summed E-state index contributed by atoms with van der Waals surface area (Å²) in [6.07, 6.45) is 4.03. The fourth-order valence-electron chi connectivity index (χ4n) is 2.24. The van der Waals surface area contributed by atoms with Crippen LogP contribution in [0.1, 0.15) is 11.1 Å². The van der Waals surface area contributed by atoms with Crippen LogP contribution in [0.5, 0.6) is 0 Å². The van der Waals surface area contributed by atoms with Gasteiger partial charge in [-0.1, -0.05) is 18.2 Å². The molecule has 2 aromatic heterocycles. The van der Waals surface area contributed by atoms with Crippen molar-refractivity contribution >= 4 is 33.9 Å². The monoisotopic (exact) mass is 264 g/mol. The molecule has 0 N–H and O–H groups in total. The lowest BCUT2D eigenvalue weighted by Gasteiger charge is -1.95. The minimum Gasteiger partial charge on any atom is -0.350 e. The number of aryl methyl sites for hydroxylation is 1. The van der Waals surface area contributed by atoms with E-state index in [1.807, 2.05) is 42.1 Å². The van der Waals surface area contributed by atoms with Gasteiger partial charge in [-0.15, -0.1) is 0 Å². The second-order valence-corrected chi connectivity index (χ2v) is 5.17. The van der Waals surface area contributed by atoms with Crippen molar-refractivity contribution in [3.05, 3.63) is 58.4 Å². The summed E-state index contributed by atoms with van der Waals surface area (Å²) in [5.74, 6) is 0. The van der Waals surface area contributed by atoms with Gasteiger partial charge in [-0.05, 0) is 29.0 Å². The summed E-state index contributed by atoms with van der Waals surface area (Å²) < 4.78 is 2.09. The number of para-hydroxylation sites is 1. The van der Waals surface area contributed by atoms with E-state index in [9.17, 15) is 5.26 Å². The second kappa shape index (κ2) is 4.75. The molecule has 2 heterocycles. The van der Waals surface area contributed by atoms with E-state index < -0.39 is 0 Å². The molecule has 3 aromatic rings. The van der Waals surface area contributed by atoms with Crippen LogP contribution in [0, 0.1) is 11.3 Å². The van der Waals surface area contributed by atoms with Crippen molar-refractivity contribution in [3.8, 4) is 6.07 Å². The number of allylic oxidation sites excluding steroid dienone is 1. The van der Waals surface area contributed by atoms with Crippen molar-refractivity contribution in [2.24, 2.45) is 7.05 Å². The zero-order valence-corrected chi connectivity index (χ0v) is 11.3. The van der Waals surface area contributed by atoms with Gasteiger partial charge in [0.15, 0.2) is 0 Å². The van der Waals surface area contributed by atoms with Gasteiger partial charge in [0.05, 0.1) is 11.6 Å². The molecular weight excluding hydrogens is 252 g/mol. The fourth-order valence-corrected chi connectivity index (χ4v) is 2.90. The highest BCUT2D eigenvalue weighted by Gasteiger charge is 2.06. The summed E-state index contributed by atoms with van der Waals surface area (Å²) in [5.41, 5.74) is 3.95. The van der Waals surface area contributed by atoms with Gasteiger partial charge in [-0.3, -0.25) is 0 Å². The van der Waals surface area contributed by atoms with E-state index >= 15 is 0 Å². The highest BCUT2D eigenvalue weighted by Crippen LogP contribution is 2.26. The Hall–Kier alpha value is -2.31. The van der Waals surface area contributed by atoms with Crippen molar-refractivity contribution in [2.75, 3.05) is 0 Å². The molecule has 0 spiro atoms. The van der Waals surface area contributed by atoms with Crippen LogP contribution in [0.2, 0.25) is 0 Å². The molecule has 0 saturated heterocycles. The molecule has 0 aliphatic carbocycles. The molecule has 3 rings (SSSR count). The molecule has 0 unspecified atom stereocenters. The maximum Gasteiger partial charge on any atom is 0.0998 e. The lowest BCUT2D eigenvalue weighted by molar-refractivity contribution is 0.968. The topological polar surface area (TPSA) is 28.7 Å². The zero-order chi connectivity index (χ0) is 13.2.